The smallest absolute Gasteiger partial charge is 0.317 e. The Labute approximate surface area is 83.7 Å². The predicted molar refractivity (Wildman–Crippen MR) is 55.0 cm³/mol. The van der Waals surface area contributed by atoms with Crippen LogP contribution in [0.5, 0.6) is 0 Å². The Balaban J connectivity index is 2.11. The van der Waals surface area contributed by atoms with Crippen LogP contribution >= 0.6 is 0 Å². The SMILES string of the molecule is CN1CCC(c2ccccc2)NC1=O. The number of rotatable bonds is 1. The Hall–Kier alpha value is -1.51. The van der Waals surface area contributed by atoms with Crippen molar-refractivity contribution in [2.45, 2.75) is 12.5 Å². The third kappa shape index (κ3) is 1.71. The first-order valence-electron chi connectivity index (χ1n) is 4.84. The average molecular weight is 190 g/mol. The summed E-state index contributed by atoms with van der Waals surface area (Å²) in [5.74, 6) is 0. The lowest BCUT2D eigenvalue weighted by Crippen LogP contribution is -2.45. The standard InChI is InChI=1S/C11H14N2O/c1-13-8-7-10(12-11(13)14)9-5-3-2-4-6-9/h2-6,10H,7-8H2,1H3,(H,12,14). The lowest BCUT2D eigenvalue weighted by atomic mass is 10.0. The fourth-order valence-electron chi connectivity index (χ4n) is 1.69. The van der Waals surface area contributed by atoms with Crippen LogP contribution in [0.3, 0.4) is 0 Å². The second-order valence-corrected chi connectivity index (χ2v) is 3.62. The Bertz CT molecular complexity index is 323. The first-order chi connectivity index (χ1) is 6.77. The Morgan fingerprint density at radius 2 is 2.07 bits per heavy atom. The highest BCUT2D eigenvalue weighted by molar-refractivity contribution is 5.75. The van der Waals surface area contributed by atoms with Gasteiger partial charge < -0.3 is 10.2 Å². The highest BCUT2D eigenvalue weighted by atomic mass is 16.2. The van der Waals surface area contributed by atoms with E-state index in [1.165, 1.54) is 5.56 Å². The molecule has 3 nitrogen and oxygen atoms in total. The van der Waals surface area contributed by atoms with Crippen LogP contribution in [0.25, 0.3) is 0 Å². The van der Waals surface area contributed by atoms with Gasteiger partial charge >= 0.3 is 6.03 Å². The van der Waals surface area contributed by atoms with E-state index < -0.39 is 0 Å². The largest absolute Gasteiger partial charge is 0.331 e. The highest BCUT2D eigenvalue weighted by Crippen LogP contribution is 2.19. The fraction of sp³-hybridized carbons (Fsp3) is 0.364. The molecule has 1 N–H and O–H groups in total. The monoisotopic (exact) mass is 190 g/mol. The van der Waals surface area contributed by atoms with Crippen molar-refractivity contribution in [3.63, 3.8) is 0 Å². The fourth-order valence-corrected chi connectivity index (χ4v) is 1.69. The molecule has 0 saturated carbocycles. The summed E-state index contributed by atoms with van der Waals surface area (Å²) in [6.07, 6.45) is 0.978. The Morgan fingerprint density at radius 1 is 1.36 bits per heavy atom. The molecule has 1 heterocycles. The minimum absolute atomic E-state index is 0.0186. The van der Waals surface area contributed by atoms with Gasteiger partial charge in [-0.1, -0.05) is 30.3 Å². The number of amides is 2. The van der Waals surface area contributed by atoms with Crippen molar-refractivity contribution in [3.8, 4) is 0 Å². The van der Waals surface area contributed by atoms with Gasteiger partial charge in [0.2, 0.25) is 0 Å². The van der Waals surface area contributed by atoms with Gasteiger partial charge in [-0.2, -0.15) is 0 Å². The molecule has 0 aromatic heterocycles. The minimum Gasteiger partial charge on any atom is -0.331 e. The zero-order valence-corrected chi connectivity index (χ0v) is 8.23. The van der Waals surface area contributed by atoms with Gasteiger partial charge in [0.05, 0.1) is 6.04 Å². The van der Waals surface area contributed by atoms with Gasteiger partial charge in [0.25, 0.3) is 0 Å². The van der Waals surface area contributed by atoms with E-state index in [1.54, 1.807) is 4.90 Å². The molecule has 1 aliphatic rings. The van der Waals surface area contributed by atoms with Crippen molar-refractivity contribution in [1.29, 1.82) is 0 Å². The van der Waals surface area contributed by atoms with E-state index in [0.717, 1.165) is 13.0 Å². The summed E-state index contributed by atoms with van der Waals surface area (Å²) in [6.45, 7) is 0.825. The molecule has 1 atom stereocenters. The van der Waals surface area contributed by atoms with Gasteiger partial charge in [-0.3, -0.25) is 0 Å². The van der Waals surface area contributed by atoms with Crippen molar-refractivity contribution in [2.75, 3.05) is 13.6 Å². The van der Waals surface area contributed by atoms with E-state index in [2.05, 4.69) is 17.4 Å². The molecule has 74 valence electrons. The molecule has 1 aromatic rings. The molecule has 2 amide bonds. The summed E-state index contributed by atoms with van der Waals surface area (Å²) in [6, 6.07) is 10.3. The van der Waals surface area contributed by atoms with E-state index in [1.807, 2.05) is 25.2 Å². The number of nitrogens with zero attached hydrogens (tertiary/aromatic N) is 1. The summed E-state index contributed by atoms with van der Waals surface area (Å²) in [5, 5.41) is 2.97. The van der Waals surface area contributed by atoms with Crippen molar-refractivity contribution in [1.82, 2.24) is 10.2 Å². The highest BCUT2D eigenvalue weighted by Gasteiger charge is 2.22. The van der Waals surface area contributed by atoms with E-state index >= 15 is 0 Å². The summed E-state index contributed by atoms with van der Waals surface area (Å²) in [5.41, 5.74) is 1.19. The van der Waals surface area contributed by atoms with Crippen LogP contribution in [0, 0.1) is 0 Å². The number of carbonyl (C=O) groups is 1. The number of hydrogen-bond donors (Lipinski definition) is 1. The summed E-state index contributed by atoms with van der Waals surface area (Å²) < 4.78 is 0. The summed E-state index contributed by atoms with van der Waals surface area (Å²) >= 11 is 0. The maximum absolute atomic E-state index is 11.4. The van der Waals surface area contributed by atoms with Gasteiger partial charge in [0, 0.05) is 13.6 Å². The molecule has 1 fully saturated rings. The molecule has 0 bridgehead atoms. The van der Waals surface area contributed by atoms with Crippen LogP contribution in [0.15, 0.2) is 30.3 Å². The average Bonchev–Trinajstić information content (AvgIpc) is 2.23. The maximum Gasteiger partial charge on any atom is 0.317 e. The lowest BCUT2D eigenvalue weighted by molar-refractivity contribution is 0.187. The summed E-state index contributed by atoms with van der Waals surface area (Å²) in [7, 11) is 1.82. The van der Waals surface area contributed by atoms with E-state index in [4.69, 9.17) is 0 Å². The molecule has 1 aliphatic heterocycles. The zero-order valence-electron chi connectivity index (χ0n) is 8.23. The van der Waals surface area contributed by atoms with Gasteiger partial charge in [0.15, 0.2) is 0 Å². The maximum atomic E-state index is 11.4. The molecule has 1 aromatic carbocycles. The van der Waals surface area contributed by atoms with E-state index in [9.17, 15) is 4.79 Å². The van der Waals surface area contributed by atoms with Crippen molar-refractivity contribution in [3.05, 3.63) is 35.9 Å². The third-order valence-corrected chi connectivity index (χ3v) is 2.60. The molecule has 0 aliphatic carbocycles. The van der Waals surface area contributed by atoms with Crippen molar-refractivity contribution in [2.24, 2.45) is 0 Å². The van der Waals surface area contributed by atoms with Crippen LogP contribution in [0.1, 0.15) is 18.0 Å². The van der Waals surface area contributed by atoms with E-state index in [0.29, 0.717) is 0 Å². The van der Waals surface area contributed by atoms with Crippen LogP contribution in [-0.4, -0.2) is 24.5 Å². The van der Waals surface area contributed by atoms with Gasteiger partial charge in [-0.25, -0.2) is 4.79 Å². The number of urea groups is 1. The molecule has 2 rings (SSSR count). The van der Waals surface area contributed by atoms with Crippen molar-refractivity contribution < 1.29 is 4.79 Å². The number of carbonyl (C=O) groups excluding carboxylic acids is 1. The van der Waals surface area contributed by atoms with Crippen molar-refractivity contribution >= 4 is 6.03 Å². The van der Waals surface area contributed by atoms with Gasteiger partial charge in [-0.05, 0) is 12.0 Å². The lowest BCUT2D eigenvalue weighted by Gasteiger charge is -2.30. The molecular weight excluding hydrogens is 176 g/mol. The zero-order chi connectivity index (χ0) is 9.97. The van der Waals surface area contributed by atoms with Crippen LogP contribution in [0.4, 0.5) is 4.79 Å². The Kier molecular flexibility index (Phi) is 2.39. The molecule has 3 heteroatoms. The van der Waals surface area contributed by atoms with Crippen LogP contribution in [-0.2, 0) is 0 Å². The third-order valence-electron chi connectivity index (χ3n) is 2.60. The second kappa shape index (κ2) is 3.70. The first kappa shape index (κ1) is 9.06. The Morgan fingerprint density at radius 3 is 2.71 bits per heavy atom. The number of benzene rings is 1. The number of nitrogens with one attached hydrogen (secondary N) is 1. The number of hydrogen-bond acceptors (Lipinski definition) is 1. The predicted octanol–water partition coefficient (Wildman–Crippen LogP) is 1.77. The molecule has 1 unspecified atom stereocenters. The molecular formula is C11H14N2O. The molecule has 1 saturated heterocycles. The quantitative estimate of drug-likeness (QED) is 0.719. The minimum atomic E-state index is 0.0186. The summed E-state index contributed by atoms with van der Waals surface area (Å²) in [4.78, 5) is 13.1. The topological polar surface area (TPSA) is 32.3 Å². The molecule has 14 heavy (non-hydrogen) atoms. The first-order valence-corrected chi connectivity index (χ1v) is 4.84. The van der Waals surface area contributed by atoms with Gasteiger partial charge in [0.1, 0.15) is 0 Å². The second-order valence-electron chi connectivity index (χ2n) is 3.62. The molecule has 0 radical (unpaired) electrons. The van der Waals surface area contributed by atoms with Crippen LogP contribution in [0.2, 0.25) is 0 Å². The van der Waals surface area contributed by atoms with Crippen LogP contribution < -0.4 is 5.32 Å². The normalized spacial score (nSPS) is 21.9. The van der Waals surface area contributed by atoms with E-state index in [-0.39, 0.29) is 12.1 Å². The molecule has 0 spiro atoms. The van der Waals surface area contributed by atoms with Gasteiger partial charge in [-0.15, -0.1) is 0 Å².